The molecule has 2 rings (SSSR count). The Bertz CT molecular complexity index is 200. The van der Waals surface area contributed by atoms with Crippen LogP contribution in [0.5, 0.6) is 0 Å². The lowest BCUT2D eigenvalue weighted by molar-refractivity contribution is 0.289. The molecule has 0 bridgehead atoms. The SMILES string of the molecule is CC(C#N)N1CCC2(CC2)C1. The van der Waals surface area contributed by atoms with E-state index in [0.717, 1.165) is 6.54 Å². The highest BCUT2D eigenvalue weighted by Crippen LogP contribution is 2.52. The Labute approximate surface area is 67.8 Å². The summed E-state index contributed by atoms with van der Waals surface area (Å²) in [5.41, 5.74) is 0.672. The van der Waals surface area contributed by atoms with Gasteiger partial charge in [-0.3, -0.25) is 4.90 Å². The Hall–Kier alpha value is -0.550. The summed E-state index contributed by atoms with van der Waals surface area (Å²) >= 11 is 0. The Balaban J connectivity index is 1.95. The second kappa shape index (κ2) is 2.22. The van der Waals surface area contributed by atoms with E-state index in [4.69, 9.17) is 5.26 Å². The van der Waals surface area contributed by atoms with E-state index >= 15 is 0 Å². The average molecular weight is 150 g/mol. The summed E-state index contributed by atoms with van der Waals surface area (Å²) in [6.45, 7) is 4.33. The molecule has 2 fully saturated rings. The van der Waals surface area contributed by atoms with Crippen LogP contribution in [-0.2, 0) is 0 Å². The first-order valence-corrected chi connectivity index (χ1v) is 4.39. The van der Waals surface area contributed by atoms with Gasteiger partial charge in [-0.1, -0.05) is 0 Å². The van der Waals surface area contributed by atoms with E-state index in [9.17, 15) is 0 Å². The van der Waals surface area contributed by atoms with Crippen molar-refractivity contribution in [3.05, 3.63) is 0 Å². The second-order valence-electron chi connectivity index (χ2n) is 4.03. The molecule has 2 heteroatoms. The molecule has 0 aromatic heterocycles. The van der Waals surface area contributed by atoms with Crippen molar-refractivity contribution in [1.82, 2.24) is 4.90 Å². The Morgan fingerprint density at radius 3 is 2.64 bits per heavy atom. The van der Waals surface area contributed by atoms with E-state index in [1.807, 2.05) is 6.92 Å². The summed E-state index contributed by atoms with van der Waals surface area (Å²) in [7, 11) is 0. The first-order valence-electron chi connectivity index (χ1n) is 4.39. The van der Waals surface area contributed by atoms with Gasteiger partial charge in [0.05, 0.1) is 12.1 Å². The van der Waals surface area contributed by atoms with Gasteiger partial charge >= 0.3 is 0 Å². The minimum atomic E-state index is 0.134. The van der Waals surface area contributed by atoms with Crippen molar-refractivity contribution >= 4 is 0 Å². The molecule has 60 valence electrons. The van der Waals surface area contributed by atoms with Crippen molar-refractivity contribution in [3.8, 4) is 6.07 Å². The number of nitrogens with zero attached hydrogens (tertiary/aromatic N) is 2. The van der Waals surface area contributed by atoms with E-state index in [0.29, 0.717) is 5.41 Å². The van der Waals surface area contributed by atoms with E-state index < -0.39 is 0 Å². The molecule has 1 aliphatic heterocycles. The van der Waals surface area contributed by atoms with Crippen LogP contribution in [0.4, 0.5) is 0 Å². The van der Waals surface area contributed by atoms with Crippen LogP contribution in [0.2, 0.25) is 0 Å². The number of hydrogen-bond acceptors (Lipinski definition) is 2. The standard InChI is InChI=1S/C9H14N2/c1-8(6-10)11-5-4-9(7-11)2-3-9/h8H,2-5,7H2,1H3. The van der Waals surface area contributed by atoms with E-state index in [-0.39, 0.29) is 6.04 Å². The zero-order chi connectivity index (χ0) is 7.90. The summed E-state index contributed by atoms with van der Waals surface area (Å²) in [6.07, 6.45) is 4.14. The Morgan fingerprint density at radius 2 is 2.18 bits per heavy atom. The van der Waals surface area contributed by atoms with Crippen molar-refractivity contribution in [2.24, 2.45) is 5.41 Å². The van der Waals surface area contributed by atoms with Crippen LogP contribution in [0.3, 0.4) is 0 Å². The molecule has 1 spiro atoms. The quantitative estimate of drug-likeness (QED) is 0.564. The van der Waals surface area contributed by atoms with Crippen molar-refractivity contribution in [2.45, 2.75) is 32.2 Å². The molecule has 1 aliphatic carbocycles. The molecule has 11 heavy (non-hydrogen) atoms. The van der Waals surface area contributed by atoms with Gasteiger partial charge in [0.1, 0.15) is 0 Å². The fourth-order valence-corrected chi connectivity index (χ4v) is 1.97. The first kappa shape index (κ1) is 7.12. The largest absolute Gasteiger partial charge is 0.288 e. The Kier molecular flexibility index (Phi) is 1.43. The fourth-order valence-electron chi connectivity index (χ4n) is 1.97. The second-order valence-corrected chi connectivity index (χ2v) is 4.03. The first-order chi connectivity index (χ1) is 5.26. The lowest BCUT2D eigenvalue weighted by Crippen LogP contribution is -2.29. The zero-order valence-corrected chi connectivity index (χ0v) is 7.01. The molecule has 0 amide bonds. The molecule has 0 radical (unpaired) electrons. The van der Waals surface area contributed by atoms with Crippen LogP contribution >= 0.6 is 0 Å². The molecule has 2 nitrogen and oxygen atoms in total. The topological polar surface area (TPSA) is 27.0 Å². The van der Waals surface area contributed by atoms with Crippen LogP contribution in [0.1, 0.15) is 26.2 Å². The highest BCUT2D eigenvalue weighted by molar-refractivity contribution is 5.03. The molecule has 0 N–H and O–H groups in total. The van der Waals surface area contributed by atoms with Gasteiger partial charge in [-0.15, -0.1) is 0 Å². The molecule has 2 aliphatic rings. The highest BCUT2D eigenvalue weighted by Gasteiger charge is 2.48. The minimum absolute atomic E-state index is 0.134. The molecular formula is C9H14N2. The van der Waals surface area contributed by atoms with Crippen molar-refractivity contribution in [2.75, 3.05) is 13.1 Å². The van der Waals surface area contributed by atoms with Gasteiger partial charge < -0.3 is 0 Å². The van der Waals surface area contributed by atoms with Crippen molar-refractivity contribution in [3.63, 3.8) is 0 Å². The maximum atomic E-state index is 8.69. The molecule has 1 heterocycles. The van der Waals surface area contributed by atoms with Gasteiger partial charge in [-0.2, -0.15) is 5.26 Å². The molecule has 0 aromatic rings. The average Bonchev–Trinajstić information content (AvgIpc) is 2.61. The monoisotopic (exact) mass is 150 g/mol. The number of hydrogen-bond donors (Lipinski definition) is 0. The number of rotatable bonds is 1. The smallest absolute Gasteiger partial charge is 0.0949 e. The van der Waals surface area contributed by atoms with Crippen LogP contribution in [0.25, 0.3) is 0 Å². The van der Waals surface area contributed by atoms with Gasteiger partial charge in [-0.25, -0.2) is 0 Å². The van der Waals surface area contributed by atoms with Crippen LogP contribution in [0.15, 0.2) is 0 Å². The molecule has 1 saturated heterocycles. The maximum absolute atomic E-state index is 8.69. The molecule has 0 aromatic carbocycles. The lowest BCUT2D eigenvalue weighted by atomic mass is 10.1. The van der Waals surface area contributed by atoms with Gasteiger partial charge in [0.25, 0.3) is 0 Å². The van der Waals surface area contributed by atoms with Crippen molar-refractivity contribution < 1.29 is 0 Å². The third kappa shape index (κ3) is 1.14. The zero-order valence-electron chi connectivity index (χ0n) is 7.01. The van der Waals surface area contributed by atoms with Gasteiger partial charge in [0.2, 0.25) is 0 Å². The third-order valence-corrected chi connectivity index (χ3v) is 3.16. The number of likely N-dealkylation sites (tertiary alicyclic amines) is 1. The normalized spacial score (nSPS) is 30.2. The van der Waals surface area contributed by atoms with Crippen LogP contribution in [0, 0.1) is 16.7 Å². The van der Waals surface area contributed by atoms with E-state index in [1.165, 1.54) is 25.8 Å². The van der Waals surface area contributed by atoms with Crippen LogP contribution < -0.4 is 0 Å². The predicted octanol–water partition coefficient (Wildman–Crippen LogP) is 1.38. The lowest BCUT2D eigenvalue weighted by Gasteiger charge is -2.17. The summed E-state index contributed by atoms with van der Waals surface area (Å²) in [5, 5.41) is 8.69. The van der Waals surface area contributed by atoms with E-state index in [1.54, 1.807) is 0 Å². The molecule has 1 saturated carbocycles. The molecule has 1 unspecified atom stereocenters. The molecule has 1 atom stereocenters. The number of nitriles is 1. The summed E-state index contributed by atoms with van der Waals surface area (Å²) in [5.74, 6) is 0. The summed E-state index contributed by atoms with van der Waals surface area (Å²) in [4.78, 5) is 2.31. The van der Waals surface area contributed by atoms with Gasteiger partial charge in [0.15, 0.2) is 0 Å². The van der Waals surface area contributed by atoms with Gasteiger partial charge in [-0.05, 0) is 38.1 Å². The summed E-state index contributed by atoms with van der Waals surface area (Å²) < 4.78 is 0. The van der Waals surface area contributed by atoms with Gasteiger partial charge in [0, 0.05) is 6.54 Å². The summed E-state index contributed by atoms with van der Waals surface area (Å²) in [6, 6.07) is 2.43. The molecular weight excluding hydrogens is 136 g/mol. The fraction of sp³-hybridized carbons (Fsp3) is 0.889. The van der Waals surface area contributed by atoms with E-state index in [2.05, 4.69) is 11.0 Å². The predicted molar refractivity (Wildman–Crippen MR) is 42.9 cm³/mol. The maximum Gasteiger partial charge on any atom is 0.0949 e. The minimum Gasteiger partial charge on any atom is -0.288 e. The van der Waals surface area contributed by atoms with Crippen molar-refractivity contribution in [1.29, 1.82) is 5.26 Å². The van der Waals surface area contributed by atoms with Crippen LogP contribution in [-0.4, -0.2) is 24.0 Å². The highest BCUT2D eigenvalue weighted by atomic mass is 15.2. The third-order valence-electron chi connectivity index (χ3n) is 3.16. The Morgan fingerprint density at radius 1 is 1.45 bits per heavy atom.